The molecule has 5 nitrogen and oxygen atoms in total. The highest BCUT2D eigenvalue weighted by Gasteiger charge is 2.41. The molecule has 1 amide bonds. The maximum absolute atomic E-state index is 12.3. The number of carbonyl (C=O) groups is 1. The van der Waals surface area contributed by atoms with E-state index in [1.54, 1.807) is 0 Å². The van der Waals surface area contributed by atoms with Gasteiger partial charge in [0.15, 0.2) is 0 Å². The predicted molar refractivity (Wildman–Crippen MR) is 87.8 cm³/mol. The molecule has 1 saturated heterocycles. The van der Waals surface area contributed by atoms with Gasteiger partial charge in [0.05, 0.1) is 19.3 Å². The lowest BCUT2D eigenvalue weighted by Crippen LogP contribution is -2.38. The van der Waals surface area contributed by atoms with Crippen molar-refractivity contribution in [2.75, 3.05) is 31.2 Å². The quantitative estimate of drug-likeness (QED) is 0.925. The van der Waals surface area contributed by atoms with E-state index < -0.39 is 5.41 Å². The minimum absolute atomic E-state index is 0.116. The molecule has 1 aromatic rings. The zero-order valence-corrected chi connectivity index (χ0v) is 13.4. The van der Waals surface area contributed by atoms with E-state index in [2.05, 4.69) is 28.4 Å². The maximum atomic E-state index is 12.3. The Morgan fingerprint density at radius 2 is 1.87 bits per heavy atom. The smallest absolute Gasteiger partial charge is 0.240 e. The molecule has 2 aliphatic rings. The standard InChI is InChI=1S/C18H23N3O2/c19-14-18(7-1-2-8-18)17(22)20-13-15-3-5-16(6-4-15)21-9-11-23-12-10-21/h3-6H,1-2,7-13H2,(H,20,22). The first-order valence-electron chi connectivity index (χ1n) is 8.35. The van der Waals surface area contributed by atoms with Gasteiger partial charge >= 0.3 is 0 Å². The van der Waals surface area contributed by atoms with Crippen molar-refractivity contribution >= 4 is 11.6 Å². The molecular formula is C18H23N3O2. The Bertz CT molecular complexity index is 579. The third kappa shape index (κ3) is 3.48. The number of anilines is 1. The molecule has 3 rings (SSSR count). The monoisotopic (exact) mass is 313 g/mol. The van der Waals surface area contributed by atoms with Crippen molar-refractivity contribution < 1.29 is 9.53 Å². The number of nitrogens with zero attached hydrogens (tertiary/aromatic N) is 2. The van der Waals surface area contributed by atoms with Crippen molar-refractivity contribution in [3.8, 4) is 6.07 Å². The van der Waals surface area contributed by atoms with Crippen molar-refractivity contribution in [1.29, 1.82) is 5.26 Å². The molecule has 1 aliphatic carbocycles. The van der Waals surface area contributed by atoms with Gasteiger partial charge in [0.2, 0.25) is 5.91 Å². The van der Waals surface area contributed by atoms with Crippen LogP contribution in [0.25, 0.3) is 0 Å². The third-order valence-electron chi connectivity index (χ3n) is 4.87. The second-order valence-corrected chi connectivity index (χ2v) is 6.35. The average molecular weight is 313 g/mol. The highest BCUT2D eigenvalue weighted by atomic mass is 16.5. The fraction of sp³-hybridized carbons (Fsp3) is 0.556. The fourth-order valence-electron chi connectivity index (χ4n) is 3.37. The third-order valence-corrected chi connectivity index (χ3v) is 4.87. The molecule has 1 aromatic carbocycles. The Labute approximate surface area is 137 Å². The summed E-state index contributed by atoms with van der Waals surface area (Å²) >= 11 is 0. The second kappa shape index (κ2) is 7.01. The van der Waals surface area contributed by atoms with Gasteiger partial charge < -0.3 is 15.0 Å². The van der Waals surface area contributed by atoms with Crippen molar-refractivity contribution in [3.63, 3.8) is 0 Å². The Balaban J connectivity index is 1.56. The lowest BCUT2D eigenvalue weighted by atomic mass is 9.87. The summed E-state index contributed by atoms with van der Waals surface area (Å²) < 4.78 is 5.36. The summed E-state index contributed by atoms with van der Waals surface area (Å²) in [5, 5.41) is 12.3. The van der Waals surface area contributed by atoms with Crippen LogP contribution in [0.2, 0.25) is 0 Å². The van der Waals surface area contributed by atoms with Gasteiger partial charge in [-0.25, -0.2) is 0 Å². The van der Waals surface area contributed by atoms with Crippen molar-refractivity contribution in [3.05, 3.63) is 29.8 Å². The number of hydrogen-bond donors (Lipinski definition) is 1. The summed E-state index contributed by atoms with van der Waals surface area (Å²) in [6.45, 7) is 3.86. The Morgan fingerprint density at radius 3 is 2.48 bits per heavy atom. The van der Waals surface area contributed by atoms with E-state index in [1.165, 1.54) is 5.69 Å². The van der Waals surface area contributed by atoms with Crippen LogP contribution >= 0.6 is 0 Å². The number of hydrogen-bond acceptors (Lipinski definition) is 4. The van der Waals surface area contributed by atoms with Crippen LogP contribution in [0.15, 0.2) is 24.3 Å². The van der Waals surface area contributed by atoms with Gasteiger partial charge in [-0.15, -0.1) is 0 Å². The molecule has 0 bridgehead atoms. The van der Waals surface area contributed by atoms with Crippen LogP contribution in [0.1, 0.15) is 31.2 Å². The zero-order valence-electron chi connectivity index (χ0n) is 13.4. The number of ether oxygens (including phenoxy) is 1. The van der Waals surface area contributed by atoms with Gasteiger partial charge in [-0.3, -0.25) is 4.79 Å². The number of nitrogens with one attached hydrogen (secondary N) is 1. The molecule has 0 spiro atoms. The summed E-state index contributed by atoms with van der Waals surface area (Å²) in [5.74, 6) is -0.116. The normalized spacial score (nSPS) is 20.0. The first kappa shape index (κ1) is 15.8. The van der Waals surface area contributed by atoms with E-state index >= 15 is 0 Å². The van der Waals surface area contributed by atoms with Gasteiger partial charge in [-0.1, -0.05) is 25.0 Å². The number of rotatable bonds is 4. The highest BCUT2D eigenvalue weighted by molar-refractivity contribution is 5.85. The largest absolute Gasteiger partial charge is 0.378 e. The predicted octanol–water partition coefficient (Wildman–Crippen LogP) is 2.22. The van der Waals surface area contributed by atoms with Gasteiger partial charge in [-0.05, 0) is 30.5 Å². The molecular weight excluding hydrogens is 290 g/mol. The van der Waals surface area contributed by atoms with Crippen LogP contribution in [0.4, 0.5) is 5.69 Å². The number of amides is 1. The molecule has 2 fully saturated rings. The molecule has 1 aliphatic heterocycles. The molecule has 1 N–H and O–H groups in total. The summed E-state index contributed by atoms with van der Waals surface area (Å²) in [5.41, 5.74) is 1.45. The van der Waals surface area contributed by atoms with Crippen molar-refractivity contribution in [1.82, 2.24) is 5.32 Å². The lowest BCUT2D eigenvalue weighted by molar-refractivity contribution is -0.128. The van der Waals surface area contributed by atoms with Gasteiger partial charge in [-0.2, -0.15) is 5.26 Å². The second-order valence-electron chi connectivity index (χ2n) is 6.35. The Morgan fingerprint density at radius 1 is 1.22 bits per heavy atom. The number of carbonyl (C=O) groups excluding carboxylic acids is 1. The molecule has 0 radical (unpaired) electrons. The topological polar surface area (TPSA) is 65.4 Å². The lowest BCUT2D eigenvalue weighted by Gasteiger charge is -2.29. The summed E-state index contributed by atoms with van der Waals surface area (Å²) in [4.78, 5) is 14.6. The van der Waals surface area contributed by atoms with E-state index in [1.807, 2.05) is 12.1 Å². The molecule has 0 unspecified atom stereocenters. The van der Waals surface area contributed by atoms with Gasteiger partial charge in [0, 0.05) is 25.3 Å². The van der Waals surface area contributed by atoms with Crippen LogP contribution in [-0.2, 0) is 16.1 Å². The first-order valence-corrected chi connectivity index (χ1v) is 8.35. The van der Waals surface area contributed by atoms with Crippen LogP contribution in [-0.4, -0.2) is 32.2 Å². The zero-order chi connectivity index (χ0) is 16.1. The van der Waals surface area contributed by atoms with Crippen molar-refractivity contribution in [2.24, 2.45) is 5.41 Å². The van der Waals surface area contributed by atoms with E-state index in [0.717, 1.165) is 44.7 Å². The molecule has 23 heavy (non-hydrogen) atoms. The molecule has 122 valence electrons. The summed E-state index contributed by atoms with van der Waals surface area (Å²) in [7, 11) is 0. The van der Waals surface area contributed by atoms with E-state index in [0.29, 0.717) is 19.4 Å². The van der Waals surface area contributed by atoms with E-state index in [-0.39, 0.29) is 5.91 Å². The summed E-state index contributed by atoms with van der Waals surface area (Å²) in [6.07, 6.45) is 3.31. The molecule has 1 heterocycles. The average Bonchev–Trinajstić information content (AvgIpc) is 3.11. The highest BCUT2D eigenvalue weighted by Crippen LogP contribution is 2.37. The SMILES string of the molecule is N#CC1(C(=O)NCc2ccc(N3CCOCC3)cc2)CCCC1. The molecule has 0 atom stereocenters. The maximum Gasteiger partial charge on any atom is 0.240 e. The minimum atomic E-state index is -0.798. The summed E-state index contributed by atoms with van der Waals surface area (Å²) in [6, 6.07) is 10.5. The van der Waals surface area contributed by atoms with Gasteiger partial charge in [0.1, 0.15) is 5.41 Å². The van der Waals surface area contributed by atoms with Crippen molar-refractivity contribution in [2.45, 2.75) is 32.2 Å². The first-order chi connectivity index (χ1) is 11.2. The van der Waals surface area contributed by atoms with E-state index in [4.69, 9.17) is 4.74 Å². The molecule has 0 aromatic heterocycles. The number of nitriles is 1. The van der Waals surface area contributed by atoms with Crippen LogP contribution < -0.4 is 10.2 Å². The van der Waals surface area contributed by atoms with Crippen LogP contribution in [0, 0.1) is 16.7 Å². The number of benzene rings is 1. The van der Waals surface area contributed by atoms with E-state index in [9.17, 15) is 10.1 Å². The number of morpholine rings is 1. The molecule has 5 heteroatoms. The Kier molecular flexibility index (Phi) is 4.82. The van der Waals surface area contributed by atoms with Crippen LogP contribution in [0.3, 0.4) is 0 Å². The fourth-order valence-corrected chi connectivity index (χ4v) is 3.37. The van der Waals surface area contributed by atoms with Crippen LogP contribution in [0.5, 0.6) is 0 Å². The van der Waals surface area contributed by atoms with Gasteiger partial charge in [0.25, 0.3) is 0 Å². The Hall–Kier alpha value is -2.06. The molecule has 1 saturated carbocycles. The minimum Gasteiger partial charge on any atom is -0.378 e.